The Bertz CT molecular complexity index is 688. The van der Waals surface area contributed by atoms with Gasteiger partial charge in [0.2, 0.25) is 5.13 Å². The maximum Gasteiger partial charge on any atom is 0.311 e. The molecule has 2 aromatic rings. The van der Waals surface area contributed by atoms with Gasteiger partial charge in [0.15, 0.2) is 0 Å². The lowest BCUT2D eigenvalue weighted by atomic mass is 10.2. The Morgan fingerprint density at radius 3 is 3.14 bits per heavy atom. The molecular weight excluding hydrogens is 309 g/mol. The van der Waals surface area contributed by atoms with Gasteiger partial charge in [-0.3, -0.25) is 10.2 Å². The molecule has 22 heavy (non-hydrogen) atoms. The highest BCUT2D eigenvalue weighted by molar-refractivity contribution is 7.13. The third-order valence-electron chi connectivity index (χ3n) is 2.53. The zero-order valence-electron chi connectivity index (χ0n) is 11.7. The van der Waals surface area contributed by atoms with E-state index >= 15 is 0 Å². The van der Waals surface area contributed by atoms with Crippen LogP contribution >= 0.6 is 11.3 Å². The van der Waals surface area contributed by atoms with Gasteiger partial charge in [-0.25, -0.2) is 9.37 Å². The van der Waals surface area contributed by atoms with E-state index in [0.29, 0.717) is 17.4 Å². The first-order valence-corrected chi connectivity index (χ1v) is 7.34. The number of aromatic hydroxyl groups is 1. The molecule has 0 bridgehead atoms. The fourth-order valence-electron chi connectivity index (χ4n) is 1.58. The number of benzene rings is 1. The van der Waals surface area contributed by atoms with E-state index in [9.17, 15) is 9.18 Å². The number of aromatic nitrogens is 1. The van der Waals surface area contributed by atoms with Gasteiger partial charge < -0.3 is 9.84 Å². The Balaban J connectivity index is 1.93. The monoisotopic (exact) mass is 323 g/mol. The predicted molar refractivity (Wildman–Crippen MR) is 81.7 cm³/mol. The summed E-state index contributed by atoms with van der Waals surface area (Å²) in [6, 6.07) is 3.78. The van der Waals surface area contributed by atoms with Crippen molar-refractivity contribution in [1.29, 1.82) is 0 Å². The third-order valence-corrected chi connectivity index (χ3v) is 3.33. The summed E-state index contributed by atoms with van der Waals surface area (Å²) in [5.41, 5.74) is 3.47. The van der Waals surface area contributed by atoms with Crippen LogP contribution in [-0.4, -0.2) is 28.9 Å². The molecule has 0 spiro atoms. The van der Waals surface area contributed by atoms with E-state index in [-0.39, 0.29) is 23.7 Å². The van der Waals surface area contributed by atoms with Crippen molar-refractivity contribution in [3.8, 4) is 5.75 Å². The minimum atomic E-state index is -0.576. The van der Waals surface area contributed by atoms with Crippen molar-refractivity contribution in [3.63, 3.8) is 0 Å². The number of carbonyl (C=O) groups excluding carboxylic acids is 1. The van der Waals surface area contributed by atoms with Crippen molar-refractivity contribution in [2.45, 2.75) is 13.3 Å². The van der Waals surface area contributed by atoms with E-state index in [0.717, 1.165) is 6.07 Å². The average Bonchev–Trinajstić information content (AvgIpc) is 2.89. The van der Waals surface area contributed by atoms with Crippen LogP contribution in [0.5, 0.6) is 5.75 Å². The van der Waals surface area contributed by atoms with Crippen LogP contribution in [0.1, 0.15) is 18.2 Å². The molecular formula is C14H14FN3O3S. The van der Waals surface area contributed by atoms with Crippen molar-refractivity contribution < 1.29 is 19.0 Å². The number of thiazole rings is 1. The quantitative estimate of drug-likeness (QED) is 0.485. The third kappa shape index (κ3) is 4.52. The summed E-state index contributed by atoms with van der Waals surface area (Å²) in [4.78, 5) is 15.5. The van der Waals surface area contributed by atoms with Crippen molar-refractivity contribution in [3.05, 3.63) is 40.7 Å². The number of hydrazone groups is 1. The minimum Gasteiger partial charge on any atom is -0.508 e. The van der Waals surface area contributed by atoms with Crippen molar-refractivity contribution in [1.82, 2.24) is 4.98 Å². The molecule has 0 saturated heterocycles. The highest BCUT2D eigenvalue weighted by atomic mass is 32.1. The second kappa shape index (κ2) is 7.51. The topological polar surface area (TPSA) is 83.8 Å². The molecule has 0 fully saturated rings. The van der Waals surface area contributed by atoms with Gasteiger partial charge in [-0.05, 0) is 19.1 Å². The van der Waals surface area contributed by atoms with E-state index in [4.69, 9.17) is 9.84 Å². The number of rotatable bonds is 6. The smallest absolute Gasteiger partial charge is 0.311 e. The van der Waals surface area contributed by atoms with Crippen molar-refractivity contribution >= 4 is 28.7 Å². The number of anilines is 1. The normalized spacial score (nSPS) is 10.8. The molecule has 1 heterocycles. The summed E-state index contributed by atoms with van der Waals surface area (Å²) in [5.74, 6) is -1.06. The van der Waals surface area contributed by atoms with Gasteiger partial charge in [0.25, 0.3) is 0 Å². The van der Waals surface area contributed by atoms with Gasteiger partial charge in [0.05, 0.1) is 24.9 Å². The Kier molecular flexibility index (Phi) is 5.42. The summed E-state index contributed by atoms with van der Waals surface area (Å²) in [7, 11) is 0. The maximum atomic E-state index is 13.5. The molecule has 1 aromatic heterocycles. The molecule has 8 heteroatoms. The highest BCUT2D eigenvalue weighted by Crippen LogP contribution is 2.17. The first kappa shape index (κ1) is 15.9. The number of phenolic OH excluding ortho intramolecular Hbond substituents is 1. The molecule has 0 saturated carbocycles. The lowest BCUT2D eigenvalue weighted by Crippen LogP contribution is -2.07. The van der Waals surface area contributed by atoms with Crippen molar-refractivity contribution in [2.75, 3.05) is 12.0 Å². The fourth-order valence-corrected chi connectivity index (χ4v) is 2.24. The van der Waals surface area contributed by atoms with E-state index in [1.54, 1.807) is 12.3 Å². The van der Waals surface area contributed by atoms with Crippen LogP contribution in [-0.2, 0) is 16.0 Å². The van der Waals surface area contributed by atoms with E-state index in [2.05, 4.69) is 15.5 Å². The molecule has 0 unspecified atom stereocenters. The summed E-state index contributed by atoms with van der Waals surface area (Å²) >= 11 is 1.27. The molecule has 116 valence electrons. The Labute approximate surface area is 130 Å². The zero-order valence-corrected chi connectivity index (χ0v) is 12.6. The Morgan fingerprint density at radius 2 is 2.41 bits per heavy atom. The summed E-state index contributed by atoms with van der Waals surface area (Å²) in [6.07, 6.45) is 1.38. The minimum absolute atomic E-state index is 0.0995. The number of hydrogen-bond acceptors (Lipinski definition) is 7. The van der Waals surface area contributed by atoms with E-state index in [1.165, 1.54) is 29.7 Å². The standard InChI is InChI=1S/C14H14FN3O3S/c1-2-21-13(20)5-10-8-22-14(17-10)18-16-7-9-3-4-11(19)6-12(9)15/h3-4,6-8,19H,2,5H2,1H3,(H,17,18). The van der Waals surface area contributed by atoms with E-state index < -0.39 is 5.82 Å². The predicted octanol–water partition coefficient (Wildman–Crippen LogP) is 2.54. The zero-order chi connectivity index (χ0) is 15.9. The van der Waals surface area contributed by atoms with Crippen molar-refractivity contribution in [2.24, 2.45) is 5.10 Å². The van der Waals surface area contributed by atoms with Crippen LogP contribution < -0.4 is 5.43 Å². The van der Waals surface area contributed by atoms with E-state index in [1.807, 2.05) is 0 Å². The van der Waals surface area contributed by atoms with Crippen LogP contribution in [0.15, 0.2) is 28.7 Å². The average molecular weight is 323 g/mol. The van der Waals surface area contributed by atoms with Gasteiger partial charge in [0, 0.05) is 17.0 Å². The Hall–Kier alpha value is -2.48. The number of halogens is 1. The van der Waals surface area contributed by atoms with Crippen LogP contribution in [0.2, 0.25) is 0 Å². The molecule has 0 aliphatic rings. The number of nitrogens with zero attached hydrogens (tertiary/aromatic N) is 2. The van der Waals surface area contributed by atoms with Gasteiger partial charge in [-0.1, -0.05) is 0 Å². The van der Waals surface area contributed by atoms with Gasteiger partial charge in [0.1, 0.15) is 11.6 Å². The molecule has 0 aliphatic carbocycles. The molecule has 2 N–H and O–H groups in total. The second-order valence-electron chi connectivity index (χ2n) is 4.20. The summed E-state index contributed by atoms with van der Waals surface area (Å²) < 4.78 is 18.3. The number of carbonyl (C=O) groups is 1. The molecule has 0 aliphatic heterocycles. The molecule has 0 atom stereocenters. The number of hydrogen-bond donors (Lipinski definition) is 2. The molecule has 0 radical (unpaired) electrons. The largest absolute Gasteiger partial charge is 0.508 e. The fraction of sp³-hybridized carbons (Fsp3) is 0.214. The molecule has 1 aromatic carbocycles. The van der Waals surface area contributed by atoms with Crippen LogP contribution in [0, 0.1) is 5.82 Å². The van der Waals surface area contributed by atoms with Gasteiger partial charge >= 0.3 is 5.97 Å². The number of nitrogens with one attached hydrogen (secondary N) is 1. The van der Waals surface area contributed by atoms with Gasteiger partial charge in [-0.15, -0.1) is 11.3 Å². The SMILES string of the molecule is CCOC(=O)Cc1csc(NN=Cc2ccc(O)cc2F)n1. The summed E-state index contributed by atoms with van der Waals surface area (Å²) in [5, 5.41) is 15.2. The second-order valence-corrected chi connectivity index (χ2v) is 5.06. The number of ether oxygens (including phenoxy) is 1. The van der Waals surface area contributed by atoms with Crippen LogP contribution in [0.4, 0.5) is 9.52 Å². The first-order valence-electron chi connectivity index (χ1n) is 6.46. The lowest BCUT2D eigenvalue weighted by molar-refractivity contribution is -0.142. The number of esters is 1. The highest BCUT2D eigenvalue weighted by Gasteiger charge is 2.08. The Morgan fingerprint density at radius 1 is 1.59 bits per heavy atom. The van der Waals surface area contributed by atoms with Crippen LogP contribution in [0.3, 0.4) is 0 Å². The molecule has 6 nitrogen and oxygen atoms in total. The molecule has 0 amide bonds. The molecule has 2 rings (SSSR count). The number of phenols is 1. The maximum absolute atomic E-state index is 13.5. The first-order chi connectivity index (χ1) is 10.6. The summed E-state index contributed by atoms with van der Waals surface area (Å²) in [6.45, 7) is 2.07. The van der Waals surface area contributed by atoms with Gasteiger partial charge in [-0.2, -0.15) is 5.10 Å². The van der Waals surface area contributed by atoms with Crippen LogP contribution in [0.25, 0.3) is 0 Å². The lowest BCUT2D eigenvalue weighted by Gasteiger charge is -1.98.